The predicted molar refractivity (Wildman–Crippen MR) is 147 cm³/mol. The Morgan fingerprint density at radius 2 is 1.53 bits per heavy atom. The molecule has 8 nitrogen and oxygen atoms in total. The van der Waals surface area contributed by atoms with Crippen molar-refractivity contribution in [2.24, 2.45) is 5.10 Å². The fraction of sp³-hybridized carbons (Fsp3) is 0.133. The van der Waals surface area contributed by atoms with Crippen molar-refractivity contribution in [1.29, 1.82) is 0 Å². The lowest BCUT2D eigenvalue weighted by atomic mass is 10.1. The number of hydrogen-bond acceptors (Lipinski definition) is 6. The molecule has 0 radical (unpaired) electrons. The molecule has 0 spiro atoms. The molecular formula is C30H27N3O5. The molecule has 0 saturated carbocycles. The van der Waals surface area contributed by atoms with Crippen LogP contribution in [0.4, 0.5) is 5.69 Å². The van der Waals surface area contributed by atoms with Crippen molar-refractivity contribution in [1.82, 2.24) is 5.43 Å². The number of fused-ring (bicyclic) bond motifs is 1. The number of hydrogen-bond donors (Lipinski definition) is 2. The Kier molecular flexibility index (Phi) is 8.80. The van der Waals surface area contributed by atoms with Crippen molar-refractivity contribution < 1.29 is 23.9 Å². The smallest absolute Gasteiger partial charge is 0.343 e. The van der Waals surface area contributed by atoms with Gasteiger partial charge in [-0.2, -0.15) is 5.10 Å². The number of anilines is 1. The van der Waals surface area contributed by atoms with Gasteiger partial charge in [0.05, 0.1) is 18.4 Å². The molecule has 0 aliphatic heterocycles. The van der Waals surface area contributed by atoms with Crippen molar-refractivity contribution in [2.75, 3.05) is 11.9 Å². The summed E-state index contributed by atoms with van der Waals surface area (Å²) in [5.41, 5.74) is 3.78. The van der Waals surface area contributed by atoms with Gasteiger partial charge >= 0.3 is 17.8 Å². The summed E-state index contributed by atoms with van der Waals surface area (Å²) < 4.78 is 11.0. The molecule has 0 saturated heterocycles. The monoisotopic (exact) mass is 509 g/mol. The van der Waals surface area contributed by atoms with E-state index < -0.39 is 17.8 Å². The number of ether oxygens (including phenoxy) is 2. The summed E-state index contributed by atoms with van der Waals surface area (Å²) in [5.74, 6) is -1.16. The number of hydrazone groups is 1. The van der Waals surface area contributed by atoms with E-state index in [2.05, 4.69) is 22.8 Å². The zero-order chi connectivity index (χ0) is 26.7. The number of carbonyl (C=O) groups is 3. The van der Waals surface area contributed by atoms with Crippen LogP contribution in [0.1, 0.15) is 35.7 Å². The third kappa shape index (κ3) is 7.04. The first-order valence-electron chi connectivity index (χ1n) is 12.2. The first-order chi connectivity index (χ1) is 18.5. The van der Waals surface area contributed by atoms with E-state index in [-0.39, 0.29) is 0 Å². The molecule has 0 aromatic heterocycles. The van der Waals surface area contributed by atoms with E-state index in [1.165, 1.54) is 6.21 Å². The predicted octanol–water partition coefficient (Wildman–Crippen LogP) is 5.33. The van der Waals surface area contributed by atoms with Crippen LogP contribution in [-0.2, 0) is 9.59 Å². The molecule has 0 heterocycles. The maximum absolute atomic E-state index is 12.4. The number of nitrogens with one attached hydrogen (secondary N) is 2. The van der Waals surface area contributed by atoms with Crippen LogP contribution in [0, 0.1) is 0 Å². The molecule has 0 unspecified atom stereocenters. The molecule has 0 atom stereocenters. The van der Waals surface area contributed by atoms with Gasteiger partial charge in [-0.1, -0.05) is 49.7 Å². The van der Waals surface area contributed by atoms with Crippen LogP contribution in [0.15, 0.2) is 96.1 Å². The normalized spacial score (nSPS) is 10.8. The van der Waals surface area contributed by atoms with Crippen LogP contribution in [0.5, 0.6) is 11.5 Å². The van der Waals surface area contributed by atoms with Crippen LogP contribution in [-0.4, -0.2) is 30.6 Å². The van der Waals surface area contributed by atoms with Gasteiger partial charge in [0.1, 0.15) is 11.5 Å². The van der Waals surface area contributed by atoms with Crippen LogP contribution < -0.4 is 20.2 Å². The van der Waals surface area contributed by atoms with Gasteiger partial charge < -0.3 is 14.8 Å². The first kappa shape index (κ1) is 26.1. The standard InChI is InChI=1S/C30H27N3O5/c1-2-3-19-37-24-17-13-23(14-18-24)30(36)38-25-15-11-21(12-16-25)20-31-33-29(35)28(34)32-27-10-6-8-22-7-4-5-9-26(22)27/h4-18,20H,2-3,19H2,1H3,(H,32,34)(H,33,35)/b31-20-. The van der Waals surface area contributed by atoms with Gasteiger partial charge in [-0.15, -0.1) is 0 Å². The van der Waals surface area contributed by atoms with E-state index in [0.717, 1.165) is 23.6 Å². The van der Waals surface area contributed by atoms with Gasteiger partial charge in [0, 0.05) is 11.1 Å². The summed E-state index contributed by atoms with van der Waals surface area (Å²) in [6.07, 6.45) is 3.40. The van der Waals surface area contributed by atoms with Gasteiger partial charge in [0.25, 0.3) is 0 Å². The van der Waals surface area contributed by atoms with Gasteiger partial charge in [0.15, 0.2) is 0 Å². The number of nitrogens with zero attached hydrogens (tertiary/aromatic N) is 1. The molecule has 38 heavy (non-hydrogen) atoms. The van der Waals surface area contributed by atoms with E-state index >= 15 is 0 Å². The van der Waals surface area contributed by atoms with E-state index in [1.807, 2.05) is 30.3 Å². The number of carbonyl (C=O) groups excluding carboxylic acids is 3. The molecule has 0 bridgehead atoms. The Bertz CT molecular complexity index is 1440. The van der Waals surface area contributed by atoms with Gasteiger partial charge in [0.2, 0.25) is 0 Å². The summed E-state index contributed by atoms with van der Waals surface area (Å²) in [5, 5.41) is 8.22. The van der Waals surface area contributed by atoms with Crippen LogP contribution in [0.25, 0.3) is 10.8 Å². The van der Waals surface area contributed by atoms with Crippen LogP contribution in [0.2, 0.25) is 0 Å². The minimum atomic E-state index is -0.901. The first-order valence-corrected chi connectivity index (χ1v) is 12.2. The Hall–Kier alpha value is -4.98. The second kappa shape index (κ2) is 12.8. The second-order valence-corrected chi connectivity index (χ2v) is 8.36. The zero-order valence-corrected chi connectivity index (χ0v) is 20.8. The number of esters is 1. The highest BCUT2D eigenvalue weighted by molar-refractivity contribution is 6.40. The largest absolute Gasteiger partial charge is 0.494 e. The SMILES string of the molecule is CCCCOc1ccc(C(=O)Oc2ccc(/C=N\NC(=O)C(=O)Nc3cccc4ccccc34)cc2)cc1. The summed E-state index contributed by atoms with van der Waals surface area (Å²) >= 11 is 0. The average Bonchev–Trinajstić information content (AvgIpc) is 2.94. The fourth-order valence-corrected chi connectivity index (χ4v) is 3.54. The fourth-order valence-electron chi connectivity index (χ4n) is 3.54. The minimum absolute atomic E-state index is 0.355. The van der Waals surface area contributed by atoms with E-state index in [4.69, 9.17) is 9.47 Å². The lowest BCUT2D eigenvalue weighted by molar-refractivity contribution is -0.136. The highest BCUT2D eigenvalue weighted by atomic mass is 16.5. The summed E-state index contributed by atoms with van der Waals surface area (Å²) in [7, 11) is 0. The van der Waals surface area contributed by atoms with Crippen LogP contribution in [0.3, 0.4) is 0 Å². The van der Waals surface area contributed by atoms with Crippen molar-refractivity contribution in [3.63, 3.8) is 0 Å². The average molecular weight is 510 g/mol. The molecule has 192 valence electrons. The second-order valence-electron chi connectivity index (χ2n) is 8.36. The topological polar surface area (TPSA) is 106 Å². The summed E-state index contributed by atoms with van der Waals surface area (Å²) in [4.78, 5) is 36.9. The van der Waals surface area contributed by atoms with Gasteiger partial charge in [-0.3, -0.25) is 9.59 Å². The van der Waals surface area contributed by atoms with Crippen LogP contribution >= 0.6 is 0 Å². The lowest BCUT2D eigenvalue weighted by Crippen LogP contribution is -2.32. The Balaban J connectivity index is 1.26. The van der Waals surface area contributed by atoms with Crippen molar-refractivity contribution in [3.05, 3.63) is 102 Å². The minimum Gasteiger partial charge on any atom is -0.494 e. The van der Waals surface area contributed by atoms with E-state index in [0.29, 0.717) is 34.9 Å². The Labute approximate surface area is 220 Å². The number of rotatable bonds is 9. The van der Waals surface area contributed by atoms with Gasteiger partial charge in [-0.25, -0.2) is 10.2 Å². The number of amides is 2. The molecule has 0 fully saturated rings. The summed E-state index contributed by atoms with van der Waals surface area (Å²) in [6.45, 7) is 2.73. The molecule has 4 aromatic rings. The molecule has 4 rings (SSSR count). The molecule has 0 aliphatic carbocycles. The zero-order valence-electron chi connectivity index (χ0n) is 20.8. The highest BCUT2D eigenvalue weighted by Crippen LogP contribution is 2.23. The molecular weight excluding hydrogens is 482 g/mol. The molecule has 2 amide bonds. The van der Waals surface area contributed by atoms with Crippen molar-refractivity contribution in [3.8, 4) is 11.5 Å². The molecule has 0 aliphatic rings. The lowest BCUT2D eigenvalue weighted by Gasteiger charge is -2.08. The van der Waals surface area contributed by atoms with E-state index in [9.17, 15) is 14.4 Å². The van der Waals surface area contributed by atoms with E-state index in [1.54, 1.807) is 60.7 Å². The Morgan fingerprint density at radius 1 is 0.816 bits per heavy atom. The molecule has 4 aromatic carbocycles. The van der Waals surface area contributed by atoms with Crippen molar-refractivity contribution >= 4 is 40.5 Å². The third-order valence-corrected chi connectivity index (χ3v) is 5.57. The Morgan fingerprint density at radius 3 is 2.29 bits per heavy atom. The summed E-state index contributed by atoms with van der Waals surface area (Å²) in [6, 6.07) is 26.3. The number of unbranched alkanes of at least 4 members (excludes halogenated alkanes) is 1. The molecule has 2 N–H and O–H groups in total. The quantitative estimate of drug-likeness (QED) is 0.0793. The highest BCUT2D eigenvalue weighted by Gasteiger charge is 2.14. The van der Waals surface area contributed by atoms with Gasteiger partial charge in [-0.05, 0) is 72.0 Å². The number of benzene rings is 4. The maximum atomic E-state index is 12.4. The molecule has 8 heteroatoms. The van der Waals surface area contributed by atoms with Crippen molar-refractivity contribution in [2.45, 2.75) is 19.8 Å². The third-order valence-electron chi connectivity index (χ3n) is 5.57. The maximum Gasteiger partial charge on any atom is 0.343 e.